The third-order valence-corrected chi connectivity index (χ3v) is 2.40. The van der Waals surface area contributed by atoms with E-state index in [0.29, 0.717) is 6.04 Å². The van der Waals surface area contributed by atoms with Crippen LogP contribution in [0.15, 0.2) is 0 Å². The van der Waals surface area contributed by atoms with Gasteiger partial charge in [-0.1, -0.05) is 6.92 Å². The monoisotopic (exact) mass is 157 g/mol. The van der Waals surface area contributed by atoms with E-state index in [-0.39, 0.29) is 6.17 Å². The molecule has 0 aromatic carbocycles. The SMILES string of the molecule is CCC(N)N1CCNCC1C. The van der Waals surface area contributed by atoms with Gasteiger partial charge in [-0.05, 0) is 13.3 Å². The molecule has 1 saturated heterocycles. The minimum absolute atomic E-state index is 0.257. The molecule has 3 nitrogen and oxygen atoms in total. The van der Waals surface area contributed by atoms with Crippen LogP contribution in [-0.4, -0.2) is 36.7 Å². The Morgan fingerprint density at radius 1 is 1.73 bits per heavy atom. The summed E-state index contributed by atoms with van der Waals surface area (Å²) >= 11 is 0. The summed E-state index contributed by atoms with van der Waals surface area (Å²) in [4.78, 5) is 2.37. The molecule has 1 aliphatic heterocycles. The zero-order valence-electron chi connectivity index (χ0n) is 7.51. The van der Waals surface area contributed by atoms with E-state index in [9.17, 15) is 0 Å². The zero-order chi connectivity index (χ0) is 8.27. The fraction of sp³-hybridized carbons (Fsp3) is 1.00. The Labute approximate surface area is 68.9 Å². The number of nitrogens with zero attached hydrogens (tertiary/aromatic N) is 1. The lowest BCUT2D eigenvalue weighted by Gasteiger charge is -2.37. The third-order valence-electron chi connectivity index (χ3n) is 2.40. The van der Waals surface area contributed by atoms with Crippen LogP contribution >= 0.6 is 0 Å². The van der Waals surface area contributed by atoms with Gasteiger partial charge in [0.05, 0.1) is 6.17 Å². The van der Waals surface area contributed by atoms with Crippen LogP contribution in [0.2, 0.25) is 0 Å². The van der Waals surface area contributed by atoms with Crippen LogP contribution < -0.4 is 11.1 Å². The van der Waals surface area contributed by atoms with E-state index in [1.54, 1.807) is 0 Å². The maximum atomic E-state index is 5.94. The van der Waals surface area contributed by atoms with Crippen molar-refractivity contribution in [2.75, 3.05) is 19.6 Å². The van der Waals surface area contributed by atoms with E-state index in [1.807, 2.05) is 0 Å². The van der Waals surface area contributed by atoms with Crippen molar-refractivity contribution in [3.63, 3.8) is 0 Å². The molecule has 1 rings (SSSR count). The Balaban J connectivity index is 2.40. The molecule has 0 aromatic rings. The molecule has 0 saturated carbocycles. The van der Waals surface area contributed by atoms with Gasteiger partial charge in [0, 0.05) is 25.7 Å². The lowest BCUT2D eigenvalue weighted by atomic mass is 10.2. The molecule has 1 heterocycles. The van der Waals surface area contributed by atoms with Crippen LogP contribution in [0.25, 0.3) is 0 Å². The van der Waals surface area contributed by atoms with Crippen LogP contribution in [0.5, 0.6) is 0 Å². The average Bonchev–Trinajstić information content (AvgIpc) is 2.04. The first-order valence-corrected chi connectivity index (χ1v) is 4.47. The summed E-state index contributed by atoms with van der Waals surface area (Å²) < 4.78 is 0. The van der Waals surface area contributed by atoms with Crippen molar-refractivity contribution >= 4 is 0 Å². The van der Waals surface area contributed by atoms with Gasteiger partial charge < -0.3 is 11.1 Å². The molecule has 0 aliphatic carbocycles. The van der Waals surface area contributed by atoms with Crippen molar-refractivity contribution in [3.8, 4) is 0 Å². The lowest BCUT2D eigenvalue weighted by Crippen LogP contribution is -2.56. The highest BCUT2D eigenvalue weighted by Crippen LogP contribution is 2.06. The average molecular weight is 157 g/mol. The fourth-order valence-corrected chi connectivity index (χ4v) is 1.58. The van der Waals surface area contributed by atoms with Gasteiger partial charge >= 0.3 is 0 Å². The Kier molecular flexibility index (Phi) is 3.30. The highest BCUT2D eigenvalue weighted by molar-refractivity contribution is 4.78. The molecular formula is C8H19N3. The largest absolute Gasteiger partial charge is 0.316 e. The summed E-state index contributed by atoms with van der Waals surface area (Å²) in [5.41, 5.74) is 5.94. The molecular weight excluding hydrogens is 138 g/mol. The van der Waals surface area contributed by atoms with Crippen molar-refractivity contribution in [3.05, 3.63) is 0 Å². The van der Waals surface area contributed by atoms with Gasteiger partial charge in [0.2, 0.25) is 0 Å². The van der Waals surface area contributed by atoms with Crippen molar-refractivity contribution in [2.45, 2.75) is 32.5 Å². The maximum Gasteiger partial charge on any atom is 0.0572 e. The number of rotatable bonds is 2. The molecule has 3 N–H and O–H groups in total. The van der Waals surface area contributed by atoms with Gasteiger partial charge in [0.15, 0.2) is 0 Å². The maximum absolute atomic E-state index is 5.94. The Hall–Kier alpha value is -0.120. The minimum atomic E-state index is 0.257. The predicted molar refractivity (Wildman–Crippen MR) is 47.3 cm³/mol. The zero-order valence-corrected chi connectivity index (χ0v) is 7.51. The molecule has 3 heteroatoms. The Morgan fingerprint density at radius 2 is 2.45 bits per heavy atom. The highest BCUT2D eigenvalue weighted by Gasteiger charge is 2.21. The van der Waals surface area contributed by atoms with Crippen molar-refractivity contribution in [1.82, 2.24) is 10.2 Å². The van der Waals surface area contributed by atoms with Crippen molar-refractivity contribution in [1.29, 1.82) is 0 Å². The van der Waals surface area contributed by atoms with E-state index in [4.69, 9.17) is 5.73 Å². The number of nitrogens with two attached hydrogens (primary N) is 1. The molecule has 0 radical (unpaired) electrons. The smallest absolute Gasteiger partial charge is 0.0572 e. The molecule has 2 atom stereocenters. The van der Waals surface area contributed by atoms with Crippen molar-refractivity contribution in [2.24, 2.45) is 5.73 Å². The number of hydrogen-bond acceptors (Lipinski definition) is 3. The van der Waals surface area contributed by atoms with E-state index in [2.05, 4.69) is 24.1 Å². The minimum Gasteiger partial charge on any atom is -0.316 e. The van der Waals surface area contributed by atoms with E-state index in [1.165, 1.54) is 0 Å². The van der Waals surface area contributed by atoms with Gasteiger partial charge in [0.1, 0.15) is 0 Å². The first kappa shape index (κ1) is 8.97. The summed E-state index contributed by atoms with van der Waals surface area (Å²) in [7, 11) is 0. The molecule has 0 aromatic heterocycles. The predicted octanol–water partition coefficient (Wildman–Crippen LogP) is -0.0251. The summed E-state index contributed by atoms with van der Waals surface area (Å²) in [6, 6.07) is 0.596. The summed E-state index contributed by atoms with van der Waals surface area (Å²) in [5.74, 6) is 0. The molecule has 2 unspecified atom stereocenters. The Bertz CT molecular complexity index is 112. The normalized spacial score (nSPS) is 30.3. The summed E-state index contributed by atoms with van der Waals surface area (Å²) in [6.07, 6.45) is 1.30. The van der Waals surface area contributed by atoms with Gasteiger partial charge in [-0.2, -0.15) is 0 Å². The first-order valence-electron chi connectivity index (χ1n) is 4.47. The molecule has 0 spiro atoms. The lowest BCUT2D eigenvalue weighted by molar-refractivity contribution is 0.116. The van der Waals surface area contributed by atoms with Crippen LogP contribution in [0.1, 0.15) is 20.3 Å². The van der Waals surface area contributed by atoms with E-state index < -0.39 is 0 Å². The number of hydrogen-bond donors (Lipinski definition) is 2. The number of nitrogens with one attached hydrogen (secondary N) is 1. The quantitative estimate of drug-likeness (QED) is 0.591. The van der Waals surface area contributed by atoms with Crippen LogP contribution in [-0.2, 0) is 0 Å². The standard InChI is InChI=1S/C8H19N3/c1-3-8(9)11-5-4-10-6-7(11)2/h7-8,10H,3-6,9H2,1-2H3. The Morgan fingerprint density at radius 3 is 3.00 bits per heavy atom. The molecule has 1 aliphatic rings. The third kappa shape index (κ3) is 2.15. The van der Waals surface area contributed by atoms with Crippen molar-refractivity contribution < 1.29 is 0 Å². The molecule has 1 fully saturated rings. The molecule has 66 valence electrons. The second kappa shape index (κ2) is 4.04. The van der Waals surface area contributed by atoms with Gasteiger partial charge in [-0.25, -0.2) is 0 Å². The van der Waals surface area contributed by atoms with Crippen LogP contribution in [0.4, 0.5) is 0 Å². The van der Waals surface area contributed by atoms with E-state index >= 15 is 0 Å². The van der Waals surface area contributed by atoms with Crippen LogP contribution in [0.3, 0.4) is 0 Å². The number of piperazine rings is 1. The second-order valence-electron chi connectivity index (χ2n) is 3.27. The van der Waals surface area contributed by atoms with Gasteiger partial charge in [-0.3, -0.25) is 4.90 Å². The van der Waals surface area contributed by atoms with Gasteiger partial charge in [0.25, 0.3) is 0 Å². The van der Waals surface area contributed by atoms with Crippen LogP contribution in [0, 0.1) is 0 Å². The summed E-state index contributed by atoms with van der Waals surface area (Å²) in [6.45, 7) is 7.61. The topological polar surface area (TPSA) is 41.3 Å². The first-order chi connectivity index (χ1) is 5.25. The molecule has 11 heavy (non-hydrogen) atoms. The fourth-order valence-electron chi connectivity index (χ4n) is 1.58. The summed E-state index contributed by atoms with van der Waals surface area (Å²) in [5, 5.41) is 3.35. The molecule has 0 bridgehead atoms. The highest BCUT2D eigenvalue weighted by atomic mass is 15.3. The molecule has 0 amide bonds. The van der Waals surface area contributed by atoms with Gasteiger partial charge in [-0.15, -0.1) is 0 Å². The van der Waals surface area contributed by atoms with E-state index in [0.717, 1.165) is 26.1 Å². The second-order valence-corrected chi connectivity index (χ2v) is 3.27.